The van der Waals surface area contributed by atoms with E-state index < -0.39 is 0 Å². The number of hydrogen-bond donors (Lipinski definition) is 0. The molecule has 226 valence electrons. The van der Waals surface area contributed by atoms with Crippen LogP contribution < -0.4 is 0 Å². The Kier molecular flexibility index (Phi) is 7.92. The highest BCUT2D eigenvalue weighted by Crippen LogP contribution is 2.34. The molecule has 0 saturated carbocycles. The first-order valence-electron chi connectivity index (χ1n) is 16.1. The van der Waals surface area contributed by atoms with Crippen LogP contribution in [0.5, 0.6) is 0 Å². The Morgan fingerprint density at radius 2 is 0.542 bits per heavy atom. The summed E-state index contributed by atoms with van der Waals surface area (Å²) in [5.41, 5.74) is 11.9. The number of rotatable bonds is 7. The standard InChI is InChI=1S/C45H31N3/c1-4-14-32(15-5-1)34-26-28-35(29-27-34)38-21-13-23-40(31-38)44-46-43(39-22-12-20-37(30-39)33-16-6-2-7-17-33)47-45(48-44)42-25-11-10-24-41(42)36-18-8-3-9-19-36/h1-31H. The molecule has 7 aromatic carbocycles. The minimum absolute atomic E-state index is 0.630. The fourth-order valence-corrected chi connectivity index (χ4v) is 6.09. The molecule has 0 amide bonds. The monoisotopic (exact) mass is 613 g/mol. The molecule has 1 heterocycles. The summed E-state index contributed by atoms with van der Waals surface area (Å²) in [5, 5.41) is 0. The normalized spacial score (nSPS) is 10.9. The largest absolute Gasteiger partial charge is 0.208 e. The van der Waals surface area contributed by atoms with Crippen molar-refractivity contribution in [1.82, 2.24) is 15.0 Å². The molecule has 0 aliphatic carbocycles. The first kappa shape index (κ1) is 29.0. The molecule has 0 fully saturated rings. The van der Waals surface area contributed by atoms with Crippen LogP contribution in [-0.2, 0) is 0 Å². The van der Waals surface area contributed by atoms with Gasteiger partial charge in [0.05, 0.1) is 0 Å². The minimum atomic E-state index is 0.630. The van der Waals surface area contributed by atoms with E-state index in [4.69, 9.17) is 15.0 Å². The zero-order valence-electron chi connectivity index (χ0n) is 26.2. The molecule has 0 aliphatic heterocycles. The summed E-state index contributed by atoms with van der Waals surface area (Å²) in [7, 11) is 0. The topological polar surface area (TPSA) is 38.7 Å². The summed E-state index contributed by atoms with van der Waals surface area (Å²) in [6.45, 7) is 0. The van der Waals surface area contributed by atoms with Gasteiger partial charge in [-0.3, -0.25) is 0 Å². The Balaban J connectivity index is 1.25. The molecule has 1 aromatic heterocycles. The van der Waals surface area contributed by atoms with Crippen LogP contribution in [0.4, 0.5) is 0 Å². The van der Waals surface area contributed by atoms with Gasteiger partial charge in [0.15, 0.2) is 17.5 Å². The van der Waals surface area contributed by atoms with Crippen molar-refractivity contribution >= 4 is 0 Å². The molecule has 0 aliphatic rings. The molecule has 0 atom stereocenters. The predicted octanol–water partition coefficient (Wildman–Crippen LogP) is 11.5. The summed E-state index contributed by atoms with van der Waals surface area (Å²) in [5.74, 6) is 1.90. The molecule has 3 nitrogen and oxygen atoms in total. The number of nitrogens with zero attached hydrogens (tertiary/aromatic N) is 3. The van der Waals surface area contributed by atoms with E-state index in [9.17, 15) is 0 Å². The van der Waals surface area contributed by atoms with Crippen LogP contribution in [0.3, 0.4) is 0 Å². The van der Waals surface area contributed by atoms with Gasteiger partial charge in [-0.15, -0.1) is 0 Å². The molecule has 0 unspecified atom stereocenters. The fraction of sp³-hybridized carbons (Fsp3) is 0. The van der Waals surface area contributed by atoms with Gasteiger partial charge in [0.25, 0.3) is 0 Å². The van der Waals surface area contributed by atoms with E-state index in [0.29, 0.717) is 17.5 Å². The predicted molar refractivity (Wildman–Crippen MR) is 198 cm³/mol. The zero-order chi connectivity index (χ0) is 32.1. The van der Waals surface area contributed by atoms with Gasteiger partial charge >= 0.3 is 0 Å². The highest BCUT2D eigenvalue weighted by molar-refractivity contribution is 5.82. The lowest BCUT2D eigenvalue weighted by Gasteiger charge is -2.13. The highest BCUT2D eigenvalue weighted by Gasteiger charge is 2.16. The SMILES string of the molecule is c1ccc(-c2ccc(-c3cccc(-c4nc(-c5cccc(-c6ccccc6)c5)nc(-c5ccccc5-c5ccccc5)n4)c3)cc2)cc1. The van der Waals surface area contributed by atoms with Crippen molar-refractivity contribution in [2.45, 2.75) is 0 Å². The Morgan fingerprint density at radius 1 is 0.208 bits per heavy atom. The Morgan fingerprint density at radius 3 is 1.06 bits per heavy atom. The first-order chi connectivity index (χ1) is 23.8. The number of hydrogen-bond acceptors (Lipinski definition) is 3. The van der Waals surface area contributed by atoms with E-state index in [1.807, 2.05) is 24.3 Å². The summed E-state index contributed by atoms with van der Waals surface area (Å²) in [4.78, 5) is 15.4. The molecule has 0 radical (unpaired) electrons. The molecule has 48 heavy (non-hydrogen) atoms. The van der Waals surface area contributed by atoms with Gasteiger partial charge in [0.1, 0.15) is 0 Å². The summed E-state index contributed by atoms with van der Waals surface area (Å²) in [6.07, 6.45) is 0. The van der Waals surface area contributed by atoms with Gasteiger partial charge in [0.2, 0.25) is 0 Å². The molecule has 0 N–H and O–H groups in total. The average Bonchev–Trinajstić information content (AvgIpc) is 3.19. The maximum atomic E-state index is 5.13. The van der Waals surface area contributed by atoms with E-state index in [-0.39, 0.29) is 0 Å². The third-order valence-corrected chi connectivity index (χ3v) is 8.56. The minimum Gasteiger partial charge on any atom is -0.208 e. The summed E-state index contributed by atoms with van der Waals surface area (Å²) < 4.78 is 0. The van der Waals surface area contributed by atoms with E-state index in [1.54, 1.807) is 0 Å². The highest BCUT2D eigenvalue weighted by atomic mass is 15.0. The number of aromatic nitrogens is 3. The molecular weight excluding hydrogens is 583 g/mol. The van der Waals surface area contributed by atoms with Gasteiger partial charge in [0, 0.05) is 16.7 Å². The van der Waals surface area contributed by atoms with Crippen molar-refractivity contribution in [3.63, 3.8) is 0 Å². The molecule has 0 spiro atoms. The fourth-order valence-electron chi connectivity index (χ4n) is 6.09. The van der Waals surface area contributed by atoms with Crippen LogP contribution >= 0.6 is 0 Å². The quantitative estimate of drug-likeness (QED) is 0.179. The van der Waals surface area contributed by atoms with Crippen molar-refractivity contribution in [3.05, 3.63) is 188 Å². The van der Waals surface area contributed by atoms with Gasteiger partial charge in [-0.1, -0.05) is 176 Å². The van der Waals surface area contributed by atoms with Crippen LogP contribution in [0.25, 0.3) is 78.7 Å². The van der Waals surface area contributed by atoms with Crippen molar-refractivity contribution in [2.24, 2.45) is 0 Å². The first-order valence-corrected chi connectivity index (χ1v) is 16.1. The van der Waals surface area contributed by atoms with Crippen LogP contribution in [0, 0.1) is 0 Å². The lowest BCUT2D eigenvalue weighted by Crippen LogP contribution is -2.01. The average molecular weight is 614 g/mol. The van der Waals surface area contributed by atoms with Gasteiger partial charge in [-0.2, -0.15) is 0 Å². The number of benzene rings is 7. The van der Waals surface area contributed by atoms with E-state index in [1.165, 1.54) is 11.1 Å². The van der Waals surface area contributed by atoms with Crippen molar-refractivity contribution in [2.75, 3.05) is 0 Å². The van der Waals surface area contributed by atoms with Gasteiger partial charge in [-0.25, -0.2) is 15.0 Å². The maximum Gasteiger partial charge on any atom is 0.164 e. The Labute approximate surface area is 280 Å². The van der Waals surface area contributed by atoms with Crippen LogP contribution in [0.1, 0.15) is 0 Å². The van der Waals surface area contributed by atoms with E-state index in [0.717, 1.165) is 50.1 Å². The second-order valence-corrected chi connectivity index (χ2v) is 11.7. The second kappa shape index (κ2) is 13.1. The van der Waals surface area contributed by atoms with Crippen LogP contribution in [-0.4, -0.2) is 15.0 Å². The summed E-state index contributed by atoms with van der Waals surface area (Å²) >= 11 is 0. The van der Waals surface area contributed by atoms with Crippen molar-refractivity contribution in [3.8, 4) is 78.7 Å². The Hall–Kier alpha value is -6.45. The summed E-state index contributed by atoms with van der Waals surface area (Å²) in [6, 6.07) is 65.2. The van der Waals surface area contributed by atoms with Crippen molar-refractivity contribution in [1.29, 1.82) is 0 Å². The lowest BCUT2D eigenvalue weighted by molar-refractivity contribution is 1.07. The molecule has 3 heteroatoms. The molecule has 0 saturated heterocycles. The van der Waals surface area contributed by atoms with Gasteiger partial charge in [-0.05, 0) is 56.6 Å². The zero-order valence-corrected chi connectivity index (χ0v) is 26.2. The maximum absolute atomic E-state index is 5.13. The molecule has 8 rings (SSSR count). The third-order valence-electron chi connectivity index (χ3n) is 8.56. The lowest BCUT2D eigenvalue weighted by atomic mass is 9.98. The Bertz CT molecular complexity index is 2310. The van der Waals surface area contributed by atoms with Crippen molar-refractivity contribution < 1.29 is 0 Å². The second-order valence-electron chi connectivity index (χ2n) is 11.7. The van der Waals surface area contributed by atoms with E-state index >= 15 is 0 Å². The van der Waals surface area contributed by atoms with E-state index in [2.05, 4.69) is 164 Å². The van der Waals surface area contributed by atoms with Crippen LogP contribution in [0.15, 0.2) is 188 Å². The molecular formula is C45H31N3. The smallest absolute Gasteiger partial charge is 0.164 e. The van der Waals surface area contributed by atoms with Gasteiger partial charge < -0.3 is 0 Å². The molecule has 8 aromatic rings. The molecule has 0 bridgehead atoms. The third kappa shape index (κ3) is 6.05. The van der Waals surface area contributed by atoms with Crippen LogP contribution in [0.2, 0.25) is 0 Å².